The van der Waals surface area contributed by atoms with Crippen LogP contribution in [0, 0.1) is 0 Å². The molecule has 1 heterocycles. The van der Waals surface area contributed by atoms with Crippen LogP contribution in [0.2, 0.25) is 0 Å². The van der Waals surface area contributed by atoms with Crippen LogP contribution in [-0.2, 0) is 4.79 Å². The summed E-state index contributed by atoms with van der Waals surface area (Å²) in [6.45, 7) is 0.489. The Morgan fingerprint density at radius 3 is 2.83 bits per heavy atom. The largest absolute Gasteiger partial charge is 0.463 e. The van der Waals surface area contributed by atoms with E-state index in [9.17, 15) is 4.79 Å². The van der Waals surface area contributed by atoms with Crippen molar-refractivity contribution in [1.82, 2.24) is 9.97 Å². The molecule has 0 saturated carbocycles. The molecule has 4 nitrogen and oxygen atoms in total. The molecule has 4 heteroatoms. The first-order valence-corrected chi connectivity index (χ1v) is 3.77. The Bertz CT molecular complexity index is 226. The highest BCUT2D eigenvalue weighted by Gasteiger charge is 1.92. The Labute approximate surface area is 70.6 Å². The van der Waals surface area contributed by atoms with Gasteiger partial charge in [0.25, 0.3) is 0 Å². The molecule has 0 spiro atoms. The highest BCUT2D eigenvalue weighted by atomic mass is 16.5. The highest BCUT2D eigenvalue weighted by Crippen LogP contribution is 1.98. The number of carbonyl (C=O) groups is 1. The van der Waals surface area contributed by atoms with Crippen LogP contribution in [0.25, 0.3) is 0 Å². The topological polar surface area (TPSA) is 52.1 Å². The molecule has 64 valence electrons. The van der Waals surface area contributed by atoms with E-state index in [-0.39, 0.29) is 0 Å². The van der Waals surface area contributed by atoms with E-state index in [1.807, 2.05) is 0 Å². The number of rotatable bonds is 5. The zero-order valence-corrected chi connectivity index (χ0v) is 6.64. The highest BCUT2D eigenvalue weighted by molar-refractivity contribution is 5.48. The predicted octanol–water partition coefficient (Wildman–Crippen LogP) is 0.834. The van der Waals surface area contributed by atoms with Gasteiger partial charge in [0, 0.05) is 18.8 Å². The van der Waals surface area contributed by atoms with Crippen LogP contribution in [-0.4, -0.2) is 22.9 Å². The average molecular weight is 166 g/mol. The SMILES string of the molecule is O=CCCCOc1ncccn1. The van der Waals surface area contributed by atoms with E-state index in [0.29, 0.717) is 25.5 Å². The van der Waals surface area contributed by atoms with Gasteiger partial charge in [0.2, 0.25) is 0 Å². The van der Waals surface area contributed by atoms with Crippen LogP contribution in [0.15, 0.2) is 18.5 Å². The number of hydrogen-bond acceptors (Lipinski definition) is 4. The van der Waals surface area contributed by atoms with Gasteiger partial charge in [-0.25, -0.2) is 9.97 Å². The second kappa shape index (κ2) is 5.23. The third-order valence-electron chi connectivity index (χ3n) is 1.24. The van der Waals surface area contributed by atoms with Gasteiger partial charge in [-0.05, 0) is 12.5 Å². The monoisotopic (exact) mass is 166 g/mol. The molecule has 0 aliphatic heterocycles. The van der Waals surface area contributed by atoms with Gasteiger partial charge >= 0.3 is 6.01 Å². The van der Waals surface area contributed by atoms with Gasteiger partial charge in [0.15, 0.2) is 0 Å². The molecule has 1 aromatic rings. The maximum absolute atomic E-state index is 9.93. The number of aldehydes is 1. The Hall–Kier alpha value is -1.45. The van der Waals surface area contributed by atoms with Crippen LogP contribution in [0.5, 0.6) is 6.01 Å². The summed E-state index contributed by atoms with van der Waals surface area (Å²) < 4.78 is 5.13. The second-order valence-electron chi connectivity index (χ2n) is 2.19. The van der Waals surface area contributed by atoms with Crippen molar-refractivity contribution < 1.29 is 9.53 Å². The quantitative estimate of drug-likeness (QED) is 0.480. The fourth-order valence-corrected chi connectivity index (χ4v) is 0.690. The summed E-state index contributed by atoms with van der Waals surface area (Å²) in [4.78, 5) is 17.6. The van der Waals surface area contributed by atoms with Crippen LogP contribution < -0.4 is 4.74 Å². The lowest BCUT2D eigenvalue weighted by Gasteiger charge is -2.00. The first-order chi connectivity index (χ1) is 5.93. The molecule has 0 aromatic carbocycles. The van der Waals surface area contributed by atoms with Gasteiger partial charge in [0.05, 0.1) is 6.61 Å². The lowest BCUT2D eigenvalue weighted by atomic mass is 10.3. The third-order valence-corrected chi connectivity index (χ3v) is 1.24. The van der Waals surface area contributed by atoms with E-state index in [4.69, 9.17) is 4.74 Å². The van der Waals surface area contributed by atoms with Crippen molar-refractivity contribution in [3.63, 3.8) is 0 Å². The van der Waals surface area contributed by atoms with Gasteiger partial charge in [0.1, 0.15) is 6.29 Å². The maximum Gasteiger partial charge on any atom is 0.316 e. The minimum atomic E-state index is 0.364. The van der Waals surface area contributed by atoms with E-state index in [1.165, 1.54) is 0 Å². The number of aromatic nitrogens is 2. The summed E-state index contributed by atoms with van der Waals surface area (Å²) in [5.41, 5.74) is 0. The van der Waals surface area contributed by atoms with E-state index >= 15 is 0 Å². The minimum absolute atomic E-state index is 0.364. The maximum atomic E-state index is 9.93. The Morgan fingerprint density at radius 2 is 2.17 bits per heavy atom. The first kappa shape index (κ1) is 8.64. The molecule has 0 amide bonds. The van der Waals surface area contributed by atoms with E-state index in [0.717, 1.165) is 6.29 Å². The average Bonchev–Trinajstić information content (AvgIpc) is 2.14. The molecule has 0 radical (unpaired) electrons. The van der Waals surface area contributed by atoms with Crippen LogP contribution in [0.1, 0.15) is 12.8 Å². The zero-order chi connectivity index (χ0) is 8.65. The van der Waals surface area contributed by atoms with Gasteiger partial charge in [-0.15, -0.1) is 0 Å². The Morgan fingerprint density at radius 1 is 1.42 bits per heavy atom. The van der Waals surface area contributed by atoms with Crippen molar-refractivity contribution in [2.75, 3.05) is 6.61 Å². The number of ether oxygens (including phenoxy) is 1. The number of hydrogen-bond donors (Lipinski definition) is 0. The summed E-state index contributed by atoms with van der Waals surface area (Å²) in [7, 11) is 0. The van der Waals surface area contributed by atoms with Gasteiger partial charge in [-0.2, -0.15) is 0 Å². The van der Waals surface area contributed by atoms with Crippen LogP contribution >= 0.6 is 0 Å². The predicted molar refractivity (Wildman–Crippen MR) is 42.8 cm³/mol. The molecule has 0 aliphatic carbocycles. The molecule has 12 heavy (non-hydrogen) atoms. The molecule has 0 bridgehead atoms. The molecular formula is C8H10N2O2. The Balaban J connectivity index is 2.20. The fraction of sp³-hybridized carbons (Fsp3) is 0.375. The molecular weight excluding hydrogens is 156 g/mol. The second-order valence-corrected chi connectivity index (χ2v) is 2.19. The zero-order valence-electron chi connectivity index (χ0n) is 6.64. The molecule has 1 rings (SSSR count). The van der Waals surface area contributed by atoms with E-state index < -0.39 is 0 Å². The van der Waals surface area contributed by atoms with Gasteiger partial charge in [-0.3, -0.25) is 0 Å². The van der Waals surface area contributed by atoms with Crippen molar-refractivity contribution >= 4 is 6.29 Å². The summed E-state index contributed by atoms with van der Waals surface area (Å²) in [6, 6.07) is 2.08. The minimum Gasteiger partial charge on any atom is -0.463 e. The summed E-state index contributed by atoms with van der Waals surface area (Å²) >= 11 is 0. The molecule has 0 aliphatic rings. The van der Waals surface area contributed by atoms with E-state index in [1.54, 1.807) is 18.5 Å². The lowest BCUT2D eigenvalue weighted by molar-refractivity contribution is -0.108. The Kier molecular flexibility index (Phi) is 3.77. The van der Waals surface area contributed by atoms with Crippen LogP contribution in [0.4, 0.5) is 0 Å². The normalized spacial score (nSPS) is 9.33. The smallest absolute Gasteiger partial charge is 0.316 e. The van der Waals surface area contributed by atoms with Gasteiger partial charge in [-0.1, -0.05) is 0 Å². The molecule has 0 N–H and O–H groups in total. The molecule has 0 saturated heterocycles. The number of carbonyl (C=O) groups excluding carboxylic acids is 1. The van der Waals surface area contributed by atoms with Crippen LogP contribution in [0.3, 0.4) is 0 Å². The summed E-state index contributed by atoms with van der Waals surface area (Å²) in [6.07, 6.45) is 5.33. The van der Waals surface area contributed by atoms with Crippen molar-refractivity contribution in [2.45, 2.75) is 12.8 Å². The van der Waals surface area contributed by atoms with E-state index in [2.05, 4.69) is 9.97 Å². The molecule has 0 atom stereocenters. The molecule has 0 fully saturated rings. The molecule has 1 aromatic heterocycles. The molecule has 0 unspecified atom stereocenters. The fourth-order valence-electron chi connectivity index (χ4n) is 0.690. The number of nitrogens with zero attached hydrogens (tertiary/aromatic N) is 2. The lowest BCUT2D eigenvalue weighted by Crippen LogP contribution is -2.00. The summed E-state index contributed by atoms with van der Waals surface area (Å²) in [5, 5.41) is 0. The third kappa shape index (κ3) is 3.09. The van der Waals surface area contributed by atoms with Crippen molar-refractivity contribution in [1.29, 1.82) is 0 Å². The summed E-state index contributed by atoms with van der Waals surface area (Å²) in [5.74, 6) is 0. The van der Waals surface area contributed by atoms with Crippen molar-refractivity contribution in [3.05, 3.63) is 18.5 Å². The first-order valence-electron chi connectivity index (χ1n) is 3.77. The standard InChI is InChI=1S/C8H10N2O2/c11-6-1-2-7-12-8-9-4-3-5-10-8/h3-6H,1-2,7H2. The van der Waals surface area contributed by atoms with Gasteiger partial charge < -0.3 is 9.53 Å². The van der Waals surface area contributed by atoms with Crippen molar-refractivity contribution in [2.24, 2.45) is 0 Å². The number of unbranched alkanes of at least 4 members (excludes halogenated alkanes) is 1. The van der Waals surface area contributed by atoms with Crippen molar-refractivity contribution in [3.8, 4) is 6.01 Å².